The molecule has 4 aromatic carbocycles. The molecule has 4 aromatic rings. The number of ether oxygens (including phenoxy) is 1. The minimum absolute atomic E-state index is 0.290. The molecule has 0 spiro atoms. The maximum atomic E-state index is 13.3. The molecule has 3 heteroatoms. The molecule has 4 rings (SSSR count). The van der Waals surface area contributed by atoms with Gasteiger partial charge in [-0.3, -0.25) is 0 Å². The second-order valence-electron chi connectivity index (χ2n) is 6.68. The number of benzene rings is 4. The molecule has 142 valence electrons. The van der Waals surface area contributed by atoms with Gasteiger partial charge in [0.15, 0.2) is 5.60 Å². The molecule has 0 bridgehead atoms. The van der Waals surface area contributed by atoms with Gasteiger partial charge in [-0.1, -0.05) is 91.0 Å². The Morgan fingerprint density at radius 2 is 0.966 bits per heavy atom. The van der Waals surface area contributed by atoms with E-state index in [1.54, 1.807) is 0 Å². The molecule has 0 atom stereocenters. The molecule has 2 nitrogen and oxygen atoms in total. The summed E-state index contributed by atoms with van der Waals surface area (Å²) in [5.74, 6) is -0.927. The van der Waals surface area contributed by atoms with E-state index in [0.29, 0.717) is 5.56 Å². The van der Waals surface area contributed by atoms with E-state index >= 15 is 0 Å². The Morgan fingerprint density at radius 3 is 1.34 bits per heavy atom. The molecule has 0 fully saturated rings. The van der Waals surface area contributed by atoms with Crippen molar-refractivity contribution in [3.63, 3.8) is 0 Å². The molecular formula is C26H19FO2. The van der Waals surface area contributed by atoms with Gasteiger partial charge in [-0.05, 0) is 24.3 Å². The van der Waals surface area contributed by atoms with Crippen LogP contribution in [0.2, 0.25) is 0 Å². The lowest BCUT2D eigenvalue weighted by Gasteiger charge is -2.35. The van der Waals surface area contributed by atoms with Crippen LogP contribution in [0.3, 0.4) is 0 Å². The molecule has 0 unspecified atom stereocenters. The van der Waals surface area contributed by atoms with E-state index in [1.165, 1.54) is 24.3 Å². The Kier molecular flexibility index (Phi) is 5.21. The number of hydrogen-bond acceptors (Lipinski definition) is 2. The largest absolute Gasteiger partial charge is 0.441 e. The highest BCUT2D eigenvalue weighted by molar-refractivity contribution is 5.90. The standard InChI is InChI=1S/C26H19FO2/c27-24-18-16-20(17-19-24)25(28)29-26(21-10-4-1-5-11-21,22-12-6-2-7-13-22)23-14-8-3-9-15-23/h1-19H. The van der Waals surface area contributed by atoms with Crippen LogP contribution in [0.4, 0.5) is 4.39 Å². The van der Waals surface area contributed by atoms with Crippen molar-refractivity contribution in [2.24, 2.45) is 0 Å². The fraction of sp³-hybridized carbons (Fsp3) is 0.0385. The molecule has 0 amide bonds. The summed E-state index contributed by atoms with van der Waals surface area (Å²) in [5.41, 5.74) is 1.63. The molecule has 0 saturated heterocycles. The van der Waals surface area contributed by atoms with Crippen LogP contribution in [-0.4, -0.2) is 5.97 Å². The van der Waals surface area contributed by atoms with Gasteiger partial charge in [0.1, 0.15) is 5.82 Å². The first kappa shape index (κ1) is 18.6. The zero-order valence-corrected chi connectivity index (χ0v) is 15.7. The molecule has 0 aliphatic rings. The summed E-state index contributed by atoms with van der Waals surface area (Å²) >= 11 is 0. The highest BCUT2D eigenvalue weighted by Crippen LogP contribution is 2.41. The first-order valence-electron chi connectivity index (χ1n) is 9.35. The van der Waals surface area contributed by atoms with Crippen LogP contribution in [-0.2, 0) is 10.3 Å². The van der Waals surface area contributed by atoms with Gasteiger partial charge in [0.2, 0.25) is 0 Å². The van der Waals surface area contributed by atoms with Gasteiger partial charge in [0, 0.05) is 16.7 Å². The lowest BCUT2D eigenvalue weighted by molar-refractivity contribution is 0.0141. The number of esters is 1. The van der Waals surface area contributed by atoms with E-state index in [-0.39, 0.29) is 0 Å². The van der Waals surface area contributed by atoms with E-state index in [2.05, 4.69) is 0 Å². The van der Waals surface area contributed by atoms with Crippen molar-refractivity contribution in [1.29, 1.82) is 0 Å². The maximum absolute atomic E-state index is 13.3. The van der Waals surface area contributed by atoms with Crippen LogP contribution >= 0.6 is 0 Å². The Hall–Kier alpha value is -3.72. The van der Waals surface area contributed by atoms with Crippen LogP contribution in [0.25, 0.3) is 0 Å². The second kappa shape index (κ2) is 8.11. The van der Waals surface area contributed by atoms with E-state index < -0.39 is 17.4 Å². The van der Waals surface area contributed by atoms with Gasteiger partial charge >= 0.3 is 5.97 Å². The maximum Gasteiger partial charge on any atom is 0.339 e. The van der Waals surface area contributed by atoms with Crippen LogP contribution in [0, 0.1) is 5.82 Å². The van der Waals surface area contributed by atoms with Crippen molar-refractivity contribution < 1.29 is 13.9 Å². The SMILES string of the molecule is O=C(OC(c1ccccc1)(c1ccccc1)c1ccccc1)c1ccc(F)cc1. The normalized spacial score (nSPS) is 11.1. The highest BCUT2D eigenvalue weighted by atomic mass is 19.1. The topological polar surface area (TPSA) is 26.3 Å². The van der Waals surface area contributed by atoms with Crippen LogP contribution in [0.5, 0.6) is 0 Å². The predicted octanol–water partition coefficient (Wildman–Crippen LogP) is 5.97. The van der Waals surface area contributed by atoms with Crippen molar-refractivity contribution >= 4 is 5.97 Å². The average molecular weight is 382 g/mol. The summed E-state index contributed by atoms with van der Waals surface area (Å²) in [6, 6.07) is 34.3. The van der Waals surface area contributed by atoms with Gasteiger partial charge in [-0.25, -0.2) is 9.18 Å². The zero-order chi connectivity index (χ0) is 20.1. The number of carbonyl (C=O) groups excluding carboxylic acids is 1. The second-order valence-corrected chi connectivity index (χ2v) is 6.68. The summed E-state index contributed by atoms with van der Waals surface area (Å²) in [6.07, 6.45) is 0. The fourth-order valence-electron chi connectivity index (χ4n) is 3.48. The van der Waals surface area contributed by atoms with E-state index in [0.717, 1.165) is 16.7 Å². The Morgan fingerprint density at radius 1 is 0.586 bits per heavy atom. The van der Waals surface area contributed by atoms with E-state index in [4.69, 9.17) is 4.74 Å². The summed E-state index contributed by atoms with van der Waals surface area (Å²) in [7, 11) is 0. The minimum atomic E-state index is -1.14. The molecule has 0 saturated carbocycles. The predicted molar refractivity (Wildman–Crippen MR) is 111 cm³/mol. The molecule has 0 aliphatic heterocycles. The molecular weight excluding hydrogens is 363 g/mol. The lowest BCUT2D eigenvalue weighted by atomic mass is 9.80. The highest BCUT2D eigenvalue weighted by Gasteiger charge is 2.40. The Labute approximate surface area is 169 Å². The monoisotopic (exact) mass is 382 g/mol. The summed E-state index contributed by atoms with van der Waals surface area (Å²) in [4.78, 5) is 13.1. The van der Waals surface area contributed by atoms with E-state index in [9.17, 15) is 9.18 Å². The number of rotatable bonds is 5. The van der Waals surface area contributed by atoms with Gasteiger partial charge < -0.3 is 4.74 Å². The fourth-order valence-corrected chi connectivity index (χ4v) is 3.48. The third-order valence-electron chi connectivity index (χ3n) is 4.87. The zero-order valence-electron chi connectivity index (χ0n) is 15.7. The number of carbonyl (C=O) groups is 1. The third-order valence-corrected chi connectivity index (χ3v) is 4.87. The first-order chi connectivity index (χ1) is 14.2. The van der Waals surface area contributed by atoms with Gasteiger partial charge in [-0.2, -0.15) is 0 Å². The molecule has 29 heavy (non-hydrogen) atoms. The molecule has 0 radical (unpaired) electrons. The van der Waals surface area contributed by atoms with Crippen LogP contribution in [0.15, 0.2) is 115 Å². The number of hydrogen-bond donors (Lipinski definition) is 0. The molecule has 0 heterocycles. The quantitative estimate of drug-likeness (QED) is 0.314. The summed E-state index contributed by atoms with van der Waals surface area (Å²) in [6.45, 7) is 0. The first-order valence-corrected chi connectivity index (χ1v) is 9.35. The smallest absolute Gasteiger partial charge is 0.339 e. The van der Waals surface area contributed by atoms with Crippen molar-refractivity contribution in [3.05, 3.63) is 143 Å². The molecule has 0 aliphatic carbocycles. The summed E-state index contributed by atoms with van der Waals surface area (Å²) in [5, 5.41) is 0. The van der Waals surface area contributed by atoms with Crippen LogP contribution < -0.4 is 0 Å². The Bertz CT molecular complexity index is 979. The molecule has 0 N–H and O–H groups in total. The van der Waals surface area contributed by atoms with E-state index in [1.807, 2.05) is 91.0 Å². The van der Waals surface area contributed by atoms with Crippen molar-refractivity contribution in [2.75, 3.05) is 0 Å². The molecule has 0 aromatic heterocycles. The van der Waals surface area contributed by atoms with Crippen molar-refractivity contribution in [3.8, 4) is 0 Å². The lowest BCUT2D eigenvalue weighted by Crippen LogP contribution is -2.35. The summed E-state index contributed by atoms with van der Waals surface area (Å²) < 4.78 is 19.6. The van der Waals surface area contributed by atoms with Gasteiger partial charge in [0.05, 0.1) is 5.56 Å². The van der Waals surface area contributed by atoms with Crippen molar-refractivity contribution in [2.45, 2.75) is 5.60 Å². The van der Waals surface area contributed by atoms with Gasteiger partial charge in [0.25, 0.3) is 0 Å². The van der Waals surface area contributed by atoms with Crippen molar-refractivity contribution in [1.82, 2.24) is 0 Å². The number of halogens is 1. The average Bonchev–Trinajstić information content (AvgIpc) is 2.79. The Balaban J connectivity index is 1.92. The minimum Gasteiger partial charge on any atom is -0.441 e. The van der Waals surface area contributed by atoms with Gasteiger partial charge in [-0.15, -0.1) is 0 Å². The third kappa shape index (κ3) is 3.67. The van der Waals surface area contributed by atoms with Crippen LogP contribution in [0.1, 0.15) is 27.0 Å².